The lowest BCUT2D eigenvalue weighted by molar-refractivity contribution is 0.103. The van der Waals surface area contributed by atoms with Gasteiger partial charge in [0.25, 0.3) is 6.43 Å². The number of hydrogen-bond acceptors (Lipinski definition) is 5. The number of halogens is 5. The van der Waals surface area contributed by atoms with Crippen molar-refractivity contribution < 1.29 is 26.2 Å². The molecule has 30 heavy (non-hydrogen) atoms. The molecule has 0 unspecified atom stereocenters. The van der Waals surface area contributed by atoms with Crippen LogP contribution in [0.15, 0.2) is 33.7 Å². The summed E-state index contributed by atoms with van der Waals surface area (Å²) in [4.78, 5) is 18.3. The predicted octanol–water partition coefficient (Wildman–Crippen LogP) is 5.00. The summed E-state index contributed by atoms with van der Waals surface area (Å²) in [6.45, 7) is -7.51. The van der Waals surface area contributed by atoms with Gasteiger partial charge in [0.2, 0.25) is 5.96 Å². The Morgan fingerprint density at radius 1 is 1.43 bits per heavy atom. The Kier molecular flexibility index (Phi) is 3.82. The largest absolute Gasteiger partial charge is 0.309 e. The zero-order chi connectivity index (χ0) is 27.0. The van der Waals surface area contributed by atoms with E-state index >= 15 is 0 Å². The number of guanidine groups is 1. The van der Waals surface area contributed by atoms with Gasteiger partial charge in [-0.3, -0.25) is 9.79 Å². The van der Waals surface area contributed by atoms with Crippen molar-refractivity contribution in [2.24, 2.45) is 4.99 Å². The highest BCUT2D eigenvalue weighted by Gasteiger charge is 2.40. The Balaban J connectivity index is 2.06. The number of ketones is 1. The summed E-state index contributed by atoms with van der Waals surface area (Å²) in [6, 6.07) is 5.80. The third kappa shape index (κ3) is 3.34. The zero-order valence-electron chi connectivity index (χ0n) is 20.7. The van der Waals surface area contributed by atoms with E-state index in [1.165, 1.54) is 0 Å². The Labute approximate surface area is 191 Å². The molecule has 5 nitrogen and oxygen atoms in total. The average Bonchev–Trinajstić information content (AvgIpc) is 3.03. The van der Waals surface area contributed by atoms with Crippen molar-refractivity contribution in [1.82, 2.24) is 0 Å². The summed E-state index contributed by atoms with van der Waals surface area (Å²) in [7, 11) is 0. The fourth-order valence-electron chi connectivity index (χ4n) is 3.22. The van der Waals surface area contributed by atoms with Gasteiger partial charge in [0.1, 0.15) is 11.9 Å². The lowest BCUT2D eigenvalue weighted by Gasteiger charge is -2.26. The van der Waals surface area contributed by atoms with Crippen molar-refractivity contribution in [3.8, 4) is 6.07 Å². The molecule has 0 saturated carbocycles. The molecule has 2 aliphatic rings. The number of aliphatic imine (C=N–C) groups is 1. The molecule has 0 N–H and O–H groups in total. The van der Waals surface area contributed by atoms with Crippen molar-refractivity contribution in [2.45, 2.75) is 12.8 Å². The number of rotatable bonds is 4. The van der Waals surface area contributed by atoms with Gasteiger partial charge in [-0.25, -0.2) is 13.2 Å². The summed E-state index contributed by atoms with van der Waals surface area (Å²) in [6.07, 6.45) is -6.33. The monoisotopic (exact) mass is 502 g/mol. The maximum Gasteiger partial charge on any atom is 0.256 e. The normalized spacial score (nSPS) is 23.0. The minimum absolute atomic E-state index is 0.0745. The van der Waals surface area contributed by atoms with E-state index < -0.39 is 61.1 Å². The summed E-state index contributed by atoms with van der Waals surface area (Å²) < 4.78 is 89.5. The standard InChI is InChI=1S/C20H13BrClF3N4O/c21-13-7-15-18(28-5-1-4-27-20(28)29(15)9-16(24)25)12(8-26)17(13)19(30)11-3-2-10(23)6-14(11)22/h2-3,6-7,16H,1,4-5,9H2/i1D2,4D2,5D2. The molecule has 0 spiro atoms. The molecule has 0 atom stereocenters. The molecular formula is C20H13BrClF3N4O. The minimum Gasteiger partial charge on any atom is -0.309 e. The molecule has 0 aliphatic carbocycles. The minimum atomic E-state index is -3.31. The molecule has 2 aromatic rings. The molecule has 10 heteroatoms. The Morgan fingerprint density at radius 2 is 2.20 bits per heavy atom. The second-order valence-electron chi connectivity index (χ2n) is 6.14. The molecule has 0 radical (unpaired) electrons. The van der Waals surface area contributed by atoms with E-state index in [0.29, 0.717) is 4.90 Å². The maximum atomic E-state index is 13.5. The molecule has 0 aromatic heterocycles. The van der Waals surface area contributed by atoms with E-state index in [4.69, 9.17) is 19.8 Å². The molecule has 0 amide bonds. The van der Waals surface area contributed by atoms with Crippen LogP contribution in [0.1, 0.15) is 36.1 Å². The van der Waals surface area contributed by atoms with Crippen molar-refractivity contribution in [3.63, 3.8) is 0 Å². The van der Waals surface area contributed by atoms with Gasteiger partial charge in [-0.1, -0.05) is 11.6 Å². The topological polar surface area (TPSA) is 59.7 Å². The second kappa shape index (κ2) is 7.93. The molecular weight excluding hydrogens is 485 g/mol. The van der Waals surface area contributed by atoms with Gasteiger partial charge in [-0.15, -0.1) is 0 Å². The van der Waals surface area contributed by atoms with Crippen LogP contribution in [0, 0.1) is 17.1 Å². The predicted molar refractivity (Wildman–Crippen MR) is 111 cm³/mol. The lowest BCUT2D eigenvalue weighted by Crippen LogP contribution is -2.43. The van der Waals surface area contributed by atoms with Crippen LogP contribution in [0.3, 0.4) is 0 Å². The second-order valence-corrected chi connectivity index (χ2v) is 7.40. The highest BCUT2D eigenvalue weighted by Crippen LogP contribution is 2.46. The van der Waals surface area contributed by atoms with E-state index in [1.54, 1.807) is 6.07 Å². The fraction of sp³-hybridized carbons (Fsp3) is 0.250. The highest BCUT2D eigenvalue weighted by molar-refractivity contribution is 9.10. The van der Waals surface area contributed by atoms with E-state index in [2.05, 4.69) is 20.9 Å². The van der Waals surface area contributed by atoms with Crippen LogP contribution >= 0.6 is 27.5 Å². The first-order valence-corrected chi connectivity index (χ1v) is 9.46. The van der Waals surface area contributed by atoms with Crippen molar-refractivity contribution >= 4 is 50.6 Å². The average molecular weight is 504 g/mol. The number of alkyl halides is 2. The number of nitrogens with zero attached hydrogens (tertiary/aromatic N) is 4. The first kappa shape index (κ1) is 14.4. The van der Waals surface area contributed by atoms with Crippen LogP contribution in [0.2, 0.25) is 5.02 Å². The van der Waals surface area contributed by atoms with Gasteiger partial charge >= 0.3 is 0 Å². The third-order valence-electron chi connectivity index (χ3n) is 4.40. The Bertz CT molecular complexity index is 1380. The fourth-order valence-corrected chi connectivity index (χ4v) is 4.07. The van der Waals surface area contributed by atoms with Crippen molar-refractivity contribution in [2.75, 3.05) is 29.3 Å². The van der Waals surface area contributed by atoms with Gasteiger partial charge in [-0.05, 0) is 46.6 Å². The summed E-state index contributed by atoms with van der Waals surface area (Å²) in [5, 5.41) is 9.76. The van der Waals surface area contributed by atoms with Crippen LogP contribution in [0.4, 0.5) is 24.5 Å². The third-order valence-corrected chi connectivity index (χ3v) is 5.34. The SMILES string of the molecule is [2H]C1([2H])N=C2N(CC(F)F)c3cc(Br)c(C(=O)c4ccc(F)cc4Cl)c(C#N)c3N2C([2H])([2H])C1([2H])[2H]. The molecule has 0 fully saturated rings. The van der Waals surface area contributed by atoms with Crippen molar-refractivity contribution in [3.05, 3.63) is 56.3 Å². The number of anilines is 2. The van der Waals surface area contributed by atoms with Gasteiger partial charge in [0.15, 0.2) is 5.78 Å². The smallest absolute Gasteiger partial charge is 0.256 e. The highest BCUT2D eigenvalue weighted by atomic mass is 79.9. The maximum absolute atomic E-state index is 13.5. The van der Waals surface area contributed by atoms with Crippen LogP contribution in [0.25, 0.3) is 0 Å². The summed E-state index contributed by atoms with van der Waals surface area (Å²) in [5.41, 5.74) is -1.79. The molecule has 2 heterocycles. The number of benzene rings is 2. The molecule has 154 valence electrons. The first-order chi connectivity index (χ1) is 16.6. The number of fused-ring (bicyclic) bond motifs is 3. The molecule has 0 bridgehead atoms. The number of nitriles is 1. The lowest BCUT2D eigenvalue weighted by atomic mass is 9.96. The summed E-state index contributed by atoms with van der Waals surface area (Å²) in [5.74, 6) is -2.30. The summed E-state index contributed by atoms with van der Waals surface area (Å²) >= 11 is 9.15. The Hall–Kier alpha value is -2.57. The van der Waals surface area contributed by atoms with Crippen LogP contribution in [-0.4, -0.2) is 37.7 Å². The molecule has 2 aliphatic heterocycles. The van der Waals surface area contributed by atoms with Crippen LogP contribution in [-0.2, 0) is 0 Å². The van der Waals surface area contributed by atoms with Gasteiger partial charge in [0.05, 0.1) is 36.8 Å². The zero-order valence-corrected chi connectivity index (χ0v) is 17.0. The van der Waals surface area contributed by atoms with Crippen LogP contribution in [0.5, 0.6) is 0 Å². The molecule has 2 aromatic carbocycles. The van der Waals surface area contributed by atoms with Crippen molar-refractivity contribution in [1.29, 1.82) is 5.26 Å². The van der Waals surface area contributed by atoms with E-state index in [0.717, 1.165) is 29.2 Å². The van der Waals surface area contributed by atoms with Gasteiger partial charge in [-0.2, -0.15) is 5.26 Å². The number of carbonyl (C=O) groups excluding carboxylic acids is 1. The van der Waals surface area contributed by atoms with E-state index in [9.17, 15) is 23.2 Å². The van der Waals surface area contributed by atoms with E-state index in [1.807, 2.05) is 0 Å². The quantitative estimate of drug-likeness (QED) is 0.551. The first-order valence-electron chi connectivity index (χ1n) is 11.3. The molecule has 4 rings (SSSR count). The number of carbonyl (C=O) groups is 1. The number of hydrogen-bond donors (Lipinski definition) is 0. The molecule has 0 saturated heterocycles. The van der Waals surface area contributed by atoms with Crippen LogP contribution < -0.4 is 9.80 Å². The Morgan fingerprint density at radius 3 is 2.87 bits per heavy atom. The van der Waals surface area contributed by atoms with Gasteiger partial charge in [0, 0.05) is 28.5 Å². The van der Waals surface area contributed by atoms with E-state index in [-0.39, 0.29) is 26.3 Å². The van der Waals surface area contributed by atoms with Gasteiger partial charge < -0.3 is 9.80 Å².